The smallest absolute Gasteiger partial charge is 0.261 e. The maximum atomic E-state index is 14.3. The highest BCUT2D eigenvalue weighted by Crippen LogP contribution is 2.42. The number of benzene rings is 2. The van der Waals surface area contributed by atoms with E-state index in [9.17, 15) is 19.2 Å². The molecule has 10 heteroatoms. The number of amides is 4. The Morgan fingerprint density at radius 2 is 1.76 bits per heavy atom. The molecule has 10 nitrogen and oxygen atoms in total. The van der Waals surface area contributed by atoms with Crippen LogP contribution < -0.4 is 10.1 Å². The fraction of sp³-hybridized carbons (Fsp3) is 0.406. The summed E-state index contributed by atoms with van der Waals surface area (Å²) in [5.41, 5.74) is 2.70. The fourth-order valence-electron chi connectivity index (χ4n) is 6.72. The van der Waals surface area contributed by atoms with Gasteiger partial charge in [-0.25, -0.2) is 4.98 Å². The summed E-state index contributed by atoms with van der Waals surface area (Å²) in [5.74, 6) is -0.459. The third-order valence-electron chi connectivity index (χ3n) is 8.80. The molecule has 3 atom stereocenters. The van der Waals surface area contributed by atoms with Crippen LogP contribution >= 0.6 is 0 Å². The highest BCUT2D eigenvalue weighted by molar-refractivity contribution is 6.21. The van der Waals surface area contributed by atoms with Crippen molar-refractivity contribution in [3.63, 3.8) is 0 Å². The minimum Gasteiger partial charge on any atom is -0.485 e. The summed E-state index contributed by atoms with van der Waals surface area (Å²) in [6, 6.07) is 12.2. The third-order valence-corrected chi connectivity index (χ3v) is 8.80. The van der Waals surface area contributed by atoms with E-state index in [1.807, 2.05) is 23.1 Å². The first-order chi connectivity index (χ1) is 20.5. The summed E-state index contributed by atoms with van der Waals surface area (Å²) in [6.07, 6.45) is 7.02. The Balaban J connectivity index is 1.32. The van der Waals surface area contributed by atoms with E-state index < -0.39 is 12.0 Å². The Morgan fingerprint density at radius 1 is 1.02 bits per heavy atom. The molecule has 0 radical (unpaired) electrons. The van der Waals surface area contributed by atoms with Gasteiger partial charge in [0.2, 0.25) is 11.8 Å². The number of imide groups is 1. The van der Waals surface area contributed by atoms with Crippen molar-refractivity contribution in [2.75, 3.05) is 20.1 Å². The van der Waals surface area contributed by atoms with E-state index in [2.05, 4.69) is 10.3 Å². The van der Waals surface area contributed by atoms with Gasteiger partial charge in [0.05, 0.1) is 23.4 Å². The number of carbonyl (C=O) groups excluding carboxylic acids is 4. The van der Waals surface area contributed by atoms with Crippen molar-refractivity contribution in [2.24, 2.45) is 11.8 Å². The lowest BCUT2D eigenvalue weighted by atomic mass is 9.77. The normalized spacial score (nSPS) is 21.6. The number of nitrogens with one attached hydrogen (secondary N) is 1. The maximum Gasteiger partial charge on any atom is 0.261 e. The minimum absolute atomic E-state index is 0.0636. The first-order valence-corrected chi connectivity index (χ1v) is 14.6. The van der Waals surface area contributed by atoms with E-state index in [-0.39, 0.29) is 42.7 Å². The average molecular weight is 571 g/mol. The lowest BCUT2D eigenvalue weighted by Crippen LogP contribution is -2.49. The van der Waals surface area contributed by atoms with Crippen LogP contribution in [-0.4, -0.2) is 58.5 Å². The second-order valence-corrected chi connectivity index (χ2v) is 11.1. The van der Waals surface area contributed by atoms with E-state index in [4.69, 9.17) is 9.15 Å². The molecule has 1 saturated carbocycles. The second kappa shape index (κ2) is 11.8. The number of hydrogen-bond acceptors (Lipinski definition) is 7. The molecule has 0 saturated heterocycles. The van der Waals surface area contributed by atoms with Crippen molar-refractivity contribution in [1.82, 2.24) is 20.1 Å². The van der Waals surface area contributed by atoms with Crippen molar-refractivity contribution in [3.8, 4) is 5.75 Å². The molecule has 218 valence electrons. The number of ether oxygens (including phenoxy) is 1. The molecule has 1 fully saturated rings. The predicted molar refractivity (Wildman–Crippen MR) is 151 cm³/mol. The fourth-order valence-corrected chi connectivity index (χ4v) is 6.72. The molecule has 2 aliphatic heterocycles. The zero-order valence-electron chi connectivity index (χ0n) is 23.6. The van der Waals surface area contributed by atoms with Gasteiger partial charge in [-0.05, 0) is 49.4 Å². The lowest BCUT2D eigenvalue weighted by Gasteiger charge is -2.42. The lowest BCUT2D eigenvalue weighted by molar-refractivity contribution is -0.146. The Kier molecular flexibility index (Phi) is 7.78. The standard InChI is InChI=1S/C32H34N4O6/c1-33-29(37)22-8-2-3-9-23(22)30(38)35-15-13-20-7-6-12-27(41-18-21-17-34-19-42-21)28(20)26(35)14-16-36-31(39)24-10-4-5-11-25(24)32(36)40/h4-7,10-12,17,19,22-23,26H,2-3,8-9,13-16,18H2,1H3,(H,33,37)/t22-,23+,26+/m0/s1. The van der Waals surface area contributed by atoms with Gasteiger partial charge in [0, 0.05) is 37.5 Å². The summed E-state index contributed by atoms with van der Waals surface area (Å²) >= 11 is 0. The van der Waals surface area contributed by atoms with Crippen LogP contribution in [0.3, 0.4) is 0 Å². The zero-order valence-corrected chi connectivity index (χ0v) is 23.6. The van der Waals surface area contributed by atoms with Crippen LogP contribution in [0, 0.1) is 11.8 Å². The van der Waals surface area contributed by atoms with Gasteiger partial charge in [0.15, 0.2) is 12.2 Å². The third kappa shape index (κ3) is 5.06. The minimum atomic E-state index is -0.455. The Morgan fingerprint density at radius 3 is 2.45 bits per heavy atom. The van der Waals surface area contributed by atoms with Crippen LogP contribution in [0.25, 0.3) is 0 Å². The molecule has 42 heavy (non-hydrogen) atoms. The summed E-state index contributed by atoms with van der Waals surface area (Å²) in [7, 11) is 1.61. The number of oxazole rings is 1. The van der Waals surface area contributed by atoms with E-state index in [0.717, 1.165) is 24.0 Å². The number of fused-ring (bicyclic) bond motifs is 2. The molecule has 3 aromatic rings. The van der Waals surface area contributed by atoms with E-state index in [1.54, 1.807) is 37.5 Å². The number of nitrogens with zero attached hydrogens (tertiary/aromatic N) is 3. The summed E-state index contributed by atoms with van der Waals surface area (Å²) in [6.45, 7) is 0.776. The van der Waals surface area contributed by atoms with Crippen LogP contribution in [0.4, 0.5) is 0 Å². The maximum absolute atomic E-state index is 14.3. The van der Waals surface area contributed by atoms with E-state index in [1.165, 1.54) is 11.3 Å². The number of hydrogen-bond donors (Lipinski definition) is 1. The molecule has 0 unspecified atom stereocenters. The van der Waals surface area contributed by atoms with Crippen molar-refractivity contribution in [1.29, 1.82) is 0 Å². The number of carbonyl (C=O) groups is 4. The van der Waals surface area contributed by atoms with Gasteiger partial charge in [-0.3, -0.25) is 24.1 Å². The molecule has 3 aliphatic rings. The predicted octanol–water partition coefficient (Wildman–Crippen LogP) is 3.92. The van der Waals surface area contributed by atoms with Crippen molar-refractivity contribution < 1.29 is 28.3 Å². The van der Waals surface area contributed by atoms with Crippen LogP contribution in [0.5, 0.6) is 5.75 Å². The van der Waals surface area contributed by atoms with Gasteiger partial charge < -0.3 is 19.4 Å². The van der Waals surface area contributed by atoms with Gasteiger partial charge in [0.1, 0.15) is 12.4 Å². The molecule has 1 aromatic heterocycles. The molecule has 0 bridgehead atoms. The van der Waals surface area contributed by atoms with Gasteiger partial charge in [0.25, 0.3) is 11.8 Å². The molecule has 3 heterocycles. The first-order valence-electron chi connectivity index (χ1n) is 14.6. The van der Waals surface area contributed by atoms with Crippen molar-refractivity contribution in [3.05, 3.63) is 83.1 Å². The second-order valence-electron chi connectivity index (χ2n) is 11.1. The zero-order chi connectivity index (χ0) is 29.2. The highest BCUT2D eigenvalue weighted by atomic mass is 16.5. The van der Waals surface area contributed by atoms with Gasteiger partial charge >= 0.3 is 0 Å². The molecule has 0 spiro atoms. The van der Waals surface area contributed by atoms with Gasteiger partial charge in [-0.1, -0.05) is 37.1 Å². The monoisotopic (exact) mass is 570 g/mol. The Labute approximate surface area is 244 Å². The van der Waals surface area contributed by atoms with Crippen LogP contribution in [-0.2, 0) is 22.6 Å². The average Bonchev–Trinajstić information content (AvgIpc) is 3.64. The van der Waals surface area contributed by atoms with Crippen molar-refractivity contribution >= 4 is 23.6 Å². The molecule has 2 aromatic carbocycles. The SMILES string of the molecule is CNC(=O)[C@H]1CCCC[C@H]1C(=O)N1CCc2cccc(OCc3cnco3)c2[C@H]1CCN1C(=O)c2ccccc2C1=O. The molecular formula is C32H34N4O6. The molecule has 1 N–H and O–H groups in total. The Hall–Kier alpha value is -4.47. The number of rotatable bonds is 8. The van der Waals surface area contributed by atoms with Crippen LogP contribution in [0.1, 0.15) is 75.7 Å². The van der Waals surface area contributed by atoms with Gasteiger partial charge in [-0.2, -0.15) is 0 Å². The highest BCUT2D eigenvalue weighted by Gasteiger charge is 2.43. The molecule has 6 rings (SSSR count). The molecular weight excluding hydrogens is 536 g/mol. The van der Waals surface area contributed by atoms with Crippen LogP contribution in [0.2, 0.25) is 0 Å². The first kappa shape index (κ1) is 27.7. The van der Waals surface area contributed by atoms with E-state index >= 15 is 0 Å². The van der Waals surface area contributed by atoms with Crippen LogP contribution in [0.15, 0.2) is 59.5 Å². The van der Waals surface area contributed by atoms with Gasteiger partial charge in [-0.15, -0.1) is 0 Å². The molecule has 4 amide bonds. The quantitative estimate of drug-likeness (QED) is 0.408. The van der Waals surface area contributed by atoms with Crippen molar-refractivity contribution in [2.45, 2.75) is 51.2 Å². The summed E-state index contributed by atoms with van der Waals surface area (Å²) in [5, 5.41) is 2.74. The molecule has 1 aliphatic carbocycles. The topological polar surface area (TPSA) is 122 Å². The Bertz CT molecular complexity index is 1470. The largest absolute Gasteiger partial charge is 0.485 e. The summed E-state index contributed by atoms with van der Waals surface area (Å²) in [4.78, 5) is 60.5. The summed E-state index contributed by atoms with van der Waals surface area (Å²) < 4.78 is 11.6. The van der Waals surface area contributed by atoms with E-state index in [0.29, 0.717) is 54.9 Å². The number of aromatic nitrogens is 1.